The van der Waals surface area contributed by atoms with Gasteiger partial charge in [0.25, 0.3) is 0 Å². The monoisotopic (exact) mass is 654 g/mol. The minimum absolute atomic E-state index is 0.171. The van der Waals surface area contributed by atoms with Gasteiger partial charge in [0.05, 0.1) is 11.4 Å². The molecule has 0 aliphatic carbocycles. The Morgan fingerprint density at radius 3 is 1.49 bits per heavy atom. The number of nitriles is 1. The van der Waals surface area contributed by atoms with E-state index in [0.717, 1.165) is 50.2 Å². The van der Waals surface area contributed by atoms with Crippen LogP contribution in [-0.4, -0.2) is 20.7 Å². The Labute approximate surface area is 296 Å². The van der Waals surface area contributed by atoms with Gasteiger partial charge in [-0.25, -0.2) is 15.0 Å². The molecule has 51 heavy (non-hydrogen) atoms. The van der Waals surface area contributed by atoms with Crippen molar-refractivity contribution in [3.63, 3.8) is 0 Å². The Kier molecular flexibility index (Phi) is 8.35. The Morgan fingerprint density at radius 1 is 0.510 bits per heavy atom. The predicted molar refractivity (Wildman–Crippen MR) is 205 cm³/mol. The van der Waals surface area contributed by atoms with Gasteiger partial charge in [-0.3, -0.25) is 5.41 Å². The summed E-state index contributed by atoms with van der Waals surface area (Å²) in [5, 5.41) is 22.9. The van der Waals surface area contributed by atoms with E-state index in [1.165, 1.54) is 0 Å². The average Bonchev–Trinajstić information content (AvgIpc) is 3.22. The van der Waals surface area contributed by atoms with Crippen LogP contribution in [0.4, 0.5) is 0 Å². The molecular weight excluding hydrogens is 625 g/mol. The lowest BCUT2D eigenvalue weighted by atomic mass is 9.89. The summed E-state index contributed by atoms with van der Waals surface area (Å²) >= 11 is 0. The van der Waals surface area contributed by atoms with Gasteiger partial charge >= 0.3 is 0 Å². The second kappa shape index (κ2) is 13.7. The number of rotatable bonds is 7. The van der Waals surface area contributed by atoms with Crippen molar-refractivity contribution in [3.8, 4) is 51.4 Å². The molecule has 6 nitrogen and oxygen atoms in total. The summed E-state index contributed by atoms with van der Waals surface area (Å²) in [7, 11) is 0. The molecule has 8 rings (SSSR count). The van der Waals surface area contributed by atoms with Gasteiger partial charge in [0.1, 0.15) is 11.6 Å². The van der Waals surface area contributed by atoms with Crippen LogP contribution in [0.5, 0.6) is 0 Å². The van der Waals surface area contributed by atoms with Crippen LogP contribution in [0.25, 0.3) is 62.8 Å². The molecule has 0 radical (unpaired) electrons. The summed E-state index contributed by atoms with van der Waals surface area (Å²) in [4.78, 5) is 14.6. The molecular formula is C45H30N6. The molecule has 6 heteroatoms. The van der Waals surface area contributed by atoms with Crippen LogP contribution in [0.3, 0.4) is 0 Å². The molecule has 0 saturated heterocycles. The average molecular weight is 655 g/mol. The van der Waals surface area contributed by atoms with E-state index in [-0.39, 0.29) is 11.3 Å². The van der Waals surface area contributed by atoms with E-state index in [0.29, 0.717) is 28.7 Å². The number of fused-ring (bicyclic) bond motifs is 1. The van der Waals surface area contributed by atoms with Crippen molar-refractivity contribution in [2.45, 2.75) is 0 Å². The Hall–Kier alpha value is -7.23. The Morgan fingerprint density at radius 2 is 0.961 bits per heavy atom. The highest BCUT2D eigenvalue weighted by molar-refractivity contribution is 6.18. The lowest BCUT2D eigenvalue weighted by molar-refractivity contribution is 1.07. The van der Waals surface area contributed by atoms with Gasteiger partial charge in [-0.1, -0.05) is 158 Å². The van der Waals surface area contributed by atoms with Crippen LogP contribution in [0.15, 0.2) is 169 Å². The van der Waals surface area contributed by atoms with Gasteiger partial charge in [-0.05, 0) is 34.4 Å². The van der Waals surface area contributed by atoms with E-state index >= 15 is 0 Å². The Bertz CT molecular complexity index is 2420. The third-order valence-electron chi connectivity index (χ3n) is 8.82. The standard InChI is InChI=1S/C45H30N6/c46-29-39(41(47)32-15-7-2-8-16-32)42-38-26-25-36(27-37(38)28-40(48-42)31-13-5-1-6-14-31)30-21-23-35(24-22-30)45-50-43(33-17-9-3-10-18-33)49-44(51-45)34-19-11-4-12-20-34/h1-28,47-48H/b42-39-,47-41?. The highest BCUT2D eigenvalue weighted by atomic mass is 15.0. The van der Waals surface area contributed by atoms with Crippen LogP contribution in [0.2, 0.25) is 0 Å². The second-order valence-electron chi connectivity index (χ2n) is 12.1. The second-order valence-corrected chi connectivity index (χ2v) is 12.1. The van der Waals surface area contributed by atoms with E-state index in [9.17, 15) is 5.26 Å². The molecule has 0 atom stereocenters. The molecule has 0 saturated carbocycles. The molecule has 6 aromatic carbocycles. The van der Waals surface area contributed by atoms with Gasteiger partial charge in [-0.15, -0.1) is 0 Å². The van der Waals surface area contributed by atoms with Gasteiger partial charge < -0.3 is 5.32 Å². The van der Waals surface area contributed by atoms with Crippen LogP contribution >= 0.6 is 0 Å². The fraction of sp³-hybridized carbons (Fsp3) is 0. The fourth-order valence-electron chi connectivity index (χ4n) is 6.19. The summed E-state index contributed by atoms with van der Waals surface area (Å²) in [6, 6.07) is 56.1. The zero-order valence-corrected chi connectivity index (χ0v) is 27.5. The molecule has 0 bridgehead atoms. The highest BCUT2D eigenvalue weighted by Gasteiger charge is 2.23. The zero-order chi connectivity index (χ0) is 34.6. The van der Waals surface area contributed by atoms with Crippen molar-refractivity contribution in [2.24, 2.45) is 0 Å². The molecule has 1 aliphatic heterocycles. The van der Waals surface area contributed by atoms with Crippen LogP contribution in [-0.2, 0) is 0 Å². The quantitative estimate of drug-likeness (QED) is 0.132. The number of aromatic nitrogens is 3. The molecule has 240 valence electrons. The van der Waals surface area contributed by atoms with Crippen molar-refractivity contribution in [1.82, 2.24) is 20.3 Å². The third-order valence-corrected chi connectivity index (χ3v) is 8.82. The zero-order valence-electron chi connectivity index (χ0n) is 27.5. The number of allylic oxidation sites excluding steroid dienone is 1. The first kappa shape index (κ1) is 31.1. The molecule has 1 aromatic heterocycles. The predicted octanol–water partition coefficient (Wildman–Crippen LogP) is 9.94. The minimum atomic E-state index is 0.171. The number of nitrogens with one attached hydrogen (secondary N) is 2. The normalized spacial score (nSPS) is 12.9. The van der Waals surface area contributed by atoms with Crippen molar-refractivity contribution in [1.29, 1.82) is 10.7 Å². The number of benzene rings is 6. The number of nitrogens with zero attached hydrogens (tertiary/aromatic N) is 4. The molecule has 7 aromatic rings. The van der Waals surface area contributed by atoms with E-state index in [1.54, 1.807) is 0 Å². The smallest absolute Gasteiger partial charge is 0.164 e. The lowest BCUT2D eigenvalue weighted by Crippen LogP contribution is -2.20. The maximum absolute atomic E-state index is 10.4. The van der Waals surface area contributed by atoms with Gasteiger partial charge in [0.15, 0.2) is 17.5 Å². The van der Waals surface area contributed by atoms with Crippen molar-refractivity contribution >= 4 is 23.2 Å². The van der Waals surface area contributed by atoms with Crippen molar-refractivity contribution < 1.29 is 0 Å². The van der Waals surface area contributed by atoms with E-state index in [4.69, 9.17) is 20.4 Å². The van der Waals surface area contributed by atoms with Gasteiger partial charge in [0.2, 0.25) is 0 Å². The van der Waals surface area contributed by atoms with E-state index in [1.807, 2.05) is 140 Å². The van der Waals surface area contributed by atoms with Crippen LogP contribution in [0.1, 0.15) is 22.3 Å². The fourth-order valence-corrected chi connectivity index (χ4v) is 6.19. The van der Waals surface area contributed by atoms with Crippen molar-refractivity contribution in [2.75, 3.05) is 0 Å². The molecule has 2 N–H and O–H groups in total. The number of hydrogen-bond donors (Lipinski definition) is 2. The van der Waals surface area contributed by atoms with Crippen LogP contribution in [0, 0.1) is 16.7 Å². The minimum Gasteiger partial charge on any atom is -0.353 e. The molecule has 1 aliphatic rings. The largest absolute Gasteiger partial charge is 0.353 e. The van der Waals surface area contributed by atoms with Crippen molar-refractivity contribution in [3.05, 3.63) is 192 Å². The maximum atomic E-state index is 10.4. The summed E-state index contributed by atoms with van der Waals surface area (Å²) in [6.45, 7) is 0. The van der Waals surface area contributed by atoms with E-state index in [2.05, 4.69) is 41.7 Å². The molecule has 0 spiro atoms. The SMILES string of the molecule is N#C/C(C(=N)c1ccccc1)=C1/NC(c2ccccc2)=Cc2cc(-c3ccc(-c4nc(-c5ccccc5)nc(-c5ccccc5)n4)cc3)ccc21. The summed E-state index contributed by atoms with van der Waals surface area (Å²) in [5.74, 6) is 1.84. The maximum Gasteiger partial charge on any atom is 0.164 e. The molecule has 2 heterocycles. The third kappa shape index (κ3) is 6.35. The number of hydrogen-bond acceptors (Lipinski definition) is 6. The molecule has 0 unspecified atom stereocenters. The summed E-state index contributed by atoms with van der Waals surface area (Å²) in [5.41, 5.74) is 10.2. The van der Waals surface area contributed by atoms with Crippen LogP contribution < -0.4 is 5.32 Å². The molecule has 0 amide bonds. The highest BCUT2D eigenvalue weighted by Crippen LogP contribution is 2.36. The molecule has 0 fully saturated rings. The summed E-state index contributed by atoms with van der Waals surface area (Å²) in [6.07, 6.45) is 2.11. The first-order valence-corrected chi connectivity index (χ1v) is 16.6. The first-order chi connectivity index (χ1) is 25.1. The van der Waals surface area contributed by atoms with Gasteiger partial charge in [0, 0.05) is 33.5 Å². The lowest BCUT2D eigenvalue weighted by Gasteiger charge is -2.24. The van der Waals surface area contributed by atoms with E-state index < -0.39 is 0 Å². The van der Waals surface area contributed by atoms with Gasteiger partial charge in [-0.2, -0.15) is 5.26 Å². The first-order valence-electron chi connectivity index (χ1n) is 16.6. The summed E-state index contributed by atoms with van der Waals surface area (Å²) < 4.78 is 0. The Balaban J connectivity index is 1.19. The topological polar surface area (TPSA) is 98.3 Å².